The molecule has 1 amide bonds. The number of aliphatic hydroxyl groups is 1. The summed E-state index contributed by atoms with van der Waals surface area (Å²) in [4.78, 5) is 17.7. The van der Waals surface area contributed by atoms with E-state index in [0.717, 1.165) is 18.2 Å². The second-order valence-electron chi connectivity index (χ2n) is 8.52. The first kappa shape index (κ1) is 25.0. The number of benzene rings is 1. The molecule has 0 unspecified atom stereocenters. The highest BCUT2D eigenvalue weighted by Gasteiger charge is 2.34. The third-order valence-electron chi connectivity index (χ3n) is 5.18. The highest BCUT2D eigenvalue weighted by Crippen LogP contribution is 2.32. The van der Waals surface area contributed by atoms with Crippen LogP contribution in [0.15, 0.2) is 48.9 Å². The first-order chi connectivity index (χ1) is 16.8. The third-order valence-corrected chi connectivity index (χ3v) is 5.18. The minimum atomic E-state index is -5.08. The van der Waals surface area contributed by atoms with Crippen LogP contribution in [0, 0.1) is 12.7 Å². The van der Waals surface area contributed by atoms with Crippen LogP contribution in [-0.4, -0.2) is 47.8 Å². The van der Waals surface area contributed by atoms with Crippen molar-refractivity contribution in [1.29, 1.82) is 0 Å². The molecule has 0 spiro atoms. The van der Waals surface area contributed by atoms with Gasteiger partial charge in [0.15, 0.2) is 17.2 Å². The number of nitrogens with zero attached hydrogens (tertiary/aromatic N) is 5. The van der Waals surface area contributed by atoms with Crippen molar-refractivity contribution >= 4 is 11.6 Å². The highest BCUT2D eigenvalue weighted by atomic mass is 19.4. The van der Waals surface area contributed by atoms with Crippen molar-refractivity contribution in [2.24, 2.45) is 0 Å². The van der Waals surface area contributed by atoms with E-state index in [1.54, 1.807) is 25.3 Å². The van der Waals surface area contributed by atoms with Gasteiger partial charge in [-0.3, -0.25) is 4.79 Å². The molecule has 13 heteroatoms. The van der Waals surface area contributed by atoms with Crippen LogP contribution in [0.4, 0.5) is 17.6 Å². The fourth-order valence-electron chi connectivity index (χ4n) is 3.58. The Morgan fingerprint density at radius 2 is 1.92 bits per heavy atom. The van der Waals surface area contributed by atoms with Crippen molar-refractivity contribution < 1.29 is 32.2 Å². The lowest BCUT2D eigenvalue weighted by molar-refractivity contribution is -0.275. The van der Waals surface area contributed by atoms with Crippen molar-refractivity contribution in [2.45, 2.75) is 38.8 Å². The Kier molecular flexibility index (Phi) is 6.35. The summed E-state index contributed by atoms with van der Waals surface area (Å²) in [5, 5.41) is 25.2. The first-order valence-electron chi connectivity index (χ1n) is 10.5. The molecular formula is C23H20F4N6O3. The molecule has 2 N–H and O–H groups in total. The molecule has 0 aliphatic heterocycles. The number of fused-ring (bicyclic) bond motifs is 1. The SMILES string of the molecule is Cc1cc(-c2ccn3ncc(C(=O)N[C@@H](c4ccc(OC(F)(F)F)c(F)c4)C(C)(C)O)c3n2)cnn1. The summed E-state index contributed by atoms with van der Waals surface area (Å²) in [5.74, 6) is -3.04. The predicted molar refractivity (Wildman–Crippen MR) is 118 cm³/mol. The van der Waals surface area contributed by atoms with Gasteiger partial charge in [-0.1, -0.05) is 6.07 Å². The van der Waals surface area contributed by atoms with Crippen molar-refractivity contribution in [3.05, 3.63) is 71.6 Å². The average Bonchev–Trinajstić information content (AvgIpc) is 3.20. The van der Waals surface area contributed by atoms with Crippen LogP contribution in [-0.2, 0) is 0 Å². The molecule has 3 heterocycles. The number of hydrogen-bond donors (Lipinski definition) is 2. The van der Waals surface area contributed by atoms with E-state index in [0.29, 0.717) is 17.0 Å². The van der Waals surface area contributed by atoms with Crippen LogP contribution in [0.25, 0.3) is 16.9 Å². The number of aryl methyl sites for hydroxylation is 1. The lowest BCUT2D eigenvalue weighted by atomic mass is 9.91. The summed E-state index contributed by atoms with van der Waals surface area (Å²) in [7, 11) is 0. The van der Waals surface area contributed by atoms with Crippen LogP contribution in [0.2, 0.25) is 0 Å². The van der Waals surface area contributed by atoms with E-state index in [1.165, 1.54) is 30.8 Å². The second kappa shape index (κ2) is 9.15. The molecule has 0 radical (unpaired) electrons. The van der Waals surface area contributed by atoms with Gasteiger partial charge in [0.1, 0.15) is 5.56 Å². The van der Waals surface area contributed by atoms with E-state index in [-0.39, 0.29) is 16.8 Å². The van der Waals surface area contributed by atoms with Crippen molar-refractivity contribution in [3.8, 4) is 17.0 Å². The van der Waals surface area contributed by atoms with Gasteiger partial charge in [-0.05, 0) is 50.6 Å². The fraction of sp³-hybridized carbons (Fsp3) is 0.261. The number of nitrogens with one attached hydrogen (secondary N) is 1. The number of amides is 1. The maximum absolute atomic E-state index is 14.3. The third kappa shape index (κ3) is 5.40. The van der Waals surface area contributed by atoms with E-state index < -0.39 is 35.5 Å². The Labute approximate surface area is 201 Å². The van der Waals surface area contributed by atoms with Crippen LogP contribution in [0.5, 0.6) is 5.75 Å². The van der Waals surface area contributed by atoms with E-state index >= 15 is 0 Å². The molecule has 0 fully saturated rings. The second-order valence-corrected chi connectivity index (χ2v) is 8.52. The minimum Gasteiger partial charge on any atom is -0.403 e. The van der Waals surface area contributed by atoms with E-state index in [1.807, 2.05) is 0 Å². The van der Waals surface area contributed by atoms with Gasteiger partial charge in [-0.15, -0.1) is 13.2 Å². The van der Waals surface area contributed by atoms with Gasteiger partial charge in [0.2, 0.25) is 0 Å². The zero-order valence-corrected chi connectivity index (χ0v) is 19.2. The summed E-state index contributed by atoms with van der Waals surface area (Å²) >= 11 is 0. The Bertz CT molecular complexity index is 1430. The molecule has 1 atom stereocenters. The van der Waals surface area contributed by atoms with Crippen molar-refractivity contribution in [3.63, 3.8) is 0 Å². The van der Waals surface area contributed by atoms with Crippen LogP contribution < -0.4 is 10.1 Å². The fourth-order valence-corrected chi connectivity index (χ4v) is 3.58. The summed E-state index contributed by atoms with van der Waals surface area (Å²) in [6.07, 6.45) is -0.675. The number of ether oxygens (including phenoxy) is 1. The average molecular weight is 504 g/mol. The molecule has 3 aromatic heterocycles. The zero-order valence-electron chi connectivity index (χ0n) is 19.2. The van der Waals surface area contributed by atoms with Crippen LogP contribution in [0.1, 0.15) is 41.5 Å². The number of hydrogen-bond acceptors (Lipinski definition) is 7. The Hall–Kier alpha value is -4.13. The normalized spacial score (nSPS) is 13.0. The molecule has 1 aromatic carbocycles. The van der Waals surface area contributed by atoms with Gasteiger partial charge in [0, 0.05) is 11.8 Å². The Balaban J connectivity index is 1.66. The zero-order chi connectivity index (χ0) is 26.3. The van der Waals surface area contributed by atoms with Gasteiger partial charge in [0.05, 0.1) is 35.4 Å². The Morgan fingerprint density at radius 1 is 1.17 bits per heavy atom. The minimum absolute atomic E-state index is 0.0198. The topological polar surface area (TPSA) is 115 Å². The van der Waals surface area contributed by atoms with Crippen LogP contribution in [0.3, 0.4) is 0 Å². The molecule has 0 bridgehead atoms. The van der Waals surface area contributed by atoms with E-state index in [9.17, 15) is 27.5 Å². The molecule has 0 saturated heterocycles. The molecule has 4 rings (SSSR count). The number of carbonyl (C=O) groups excluding carboxylic acids is 1. The summed E-state index contributed by atoms with van der Waals surface area (Å²) < 4.78 is 56.8. The lowest BCUT2D eigenvalue weighted by Gasteiger charge is -2.30. The quantitative estimate of drug-likeness (QED) is 0.384. The lowest BCUT2D eigenvalue weighted by Crippen LogP contribution is -2.42. The maximum atomic E-state index is 14.3. The molecule has 0 aliphatic carbocycles. The van der Waals surface area contributed by atoms with E-state index in [4.69, 9.17) is 0 Å². The van der Waals surface area contributed by atoms with Gasteiger partial charge < -0.3 is 15.2 Å². The van der Waals surface area contributed by atoms with E-state index in [2.05, 4.69) is 30.3 Å². The van der Waals surface area contributed by atoms with Gasteiger partial charge >= 0.3 is 6.36 Å². The van der Waals surface area contributed by atoms with Crippen LogP contribution >= 0.6 is 0 Å². The molecule has 4 aromatic rings. The predicted octanol–water partition coefficient (Wildman–Crippen LogP) is 3.77. The highest BCUT2D eigenvalue weighted by molar-refractivity contribution is 6.00. The molecule has 188 valence electrons. The number of carbonyl (C=O) groups is 1. The molecule has 0 aliphatic rings. The largest absolute Gasteiger partial charge is 0.573 e. The molecule has 0 saturated carbocycles. The summed E-state index contributed by atoms with van der Waals surface area (Å²) in [5.41, 5.74) is 0.506. The van der Waals surface area contributed by atoms with Crippen molar-refractivity contribution in [1.82, 2.24) is 30.1 Å². The van der Waals surface area contributed by atoms with Crippen molar-refractivity contribution in [2.75, 3.05) is 0 Å². The smallest absolute Gasteiger partial charge is 0.403 e. The number of alkyl halides is 3. The summed E-state index contributed by atoms with van der Waals surface area (Å²) in [6, 6.07) is 4.91. The molecular weight excluding hydrogens is 484 g/mol. The Morgan fingerprint density at radius 3 is 2.56 bits per heavy atom. The molecule has 36 heavy (non-hydrogen) atoms. The number of aromatic nitrogens is 5. The monoisotopic (exact) mass is 504 g/mol. The standard InChI is InChI=1S/C23H20F4N6O3/c1-12-8-14(10-28-32-12)17-6-7-33-20(30-17)15(11-29-33)21(34)31-19(22(2,3)35)13-4-5-18(16(24)9-13)36-23(25,26)27/h4-11,19,35H,1-3H3,(H,31,34)/t19-/m0/s1. The van der Waals surface area contributed by atoms with Gasteiger partial charge in [-0.25, -0.2) is 13.9 Å². The molecule has 9 nitrogen and oxygen atoms in total. The summed E-state index contributed by atoms with van der Waals surface area (Å²) in [6.45, 7) is 4.50. The van der Waals surface area contributed by atoms with Gasteiger partial charge in [0.25, 0.3) is 5.91 Å². The number of rotatable bonds is 6. The maximum Gasteiger partial charge on any atom is 0.573 e. The number of halogens is 4. The first-order valence-corrected chi connectivity index (χ1v) is 10.5. The van der Waals surface area contributed by atoms with Gasteiger partial charge in [-0.2, -0.15) is 15.3 Å².